The van der Waals surface area contributed by atoms with Crippen molar-refractivity contribution in [2.24, 2.45) is 0 Å². The second-order valence-electron chi connectivity index (χ2n) is 9.04. The SMILES string of the molecule is CC(=O)OC(C)C(=O)NCc1ccc(C2OC(CSc3ccccn3)CC(c3ccc(CO)cc3)O2)cc1. The Bertz CT molecular complexity index is 1190. The molecule has 2 aromatic carbocycles. The predicted octanol–water partition coefficient (Wildman–Crippen LogP) is 4.48. The van der Waals surface area contributed by atoms with E-state index in [4.69, 9.17) is 14.2 Å². The zero-order valence-electron chi connectivity index (χ0n) is 21.4. The summed E-state index contributed by atoms with van der Waals surface area (Å²) in [6, 6.07) is 21.3. The lowest BCUT2D eigenvalue weighted by atomic mass is 10.0. The molecule has 9 heteroatoms. The van der Waals surface area contributed by atoms with Gasteiger partial charge in [-0.2, -0.15) is 0 Å². The van der Waals surface area contributed by atoms with Gasteiger partial charge in [0.2, 0.25) is 0 Å². The largest absolute Gasteiger partial charge is 0.453 e. The third-order valence-electron chi connectivity index (χ3n) is 6.10. The van der Waals surface area contributed by atoms with E-state index in [9.17, 15) is 14.7 Å². The molecule has 4 unspecified atom stereocenters. The number of amides is 1. The van der Waals surface area contributed by atoms with E-state index in [0.717, 1.165) is 33.0 Å². The summed E-state index contributed by atoms with van der Waals surface area (Å²) in [5, 5.41) is 13.1. The summed E-state index contributed by atoms with van der Waals surface area (Å²) in [4.78, 5) is 27.6. The van der Waals surface area contributed by atoms with Gasteiger partial charge in [-0.25, -0.2) is 4.98 Å². The van der Waals surface area contributed by atoms with Gasteiger partial charge in [0.05, 0.1) is 23.8 Å². The number of thioether (sulfide) groups is 1. The molecule has 2 N–H and O–H groups in total. The lowest BCUT2D eigenvalue weighted by molar-refractivity contribution is -0.245. The van der Waals surface area contributed by atoms with Crippen LogP contribution < -0.4 is 5.32 Å². The van der Waals surface area contributed by atoms with Crippen LogP contribution in [0.25, 0.3) is 0 Å². The van der Waals surface area contributed by atoms with Gasteiger partial charge in [-0.3, -0.25) is 9.59 Å². The van der Waals surface area contributed by atoms with Gasteiger partial charge in [0.25, 0.3) is 5.91 Å². The molecular weight excluding hydrogens is 504 g/mol. The summed E-state index contributed by atoms with van der Waals surface area (Å²) in [6.45, 7) is 3.11. The Morgan fingerprint density at radius 1 is 1.05 bits per heavy atom. The molecule has 1 aromatic heterocycles. The highest BCUT2D eigenvalue weighted by Gasteiger charge is 2.32. The first-order valence-corrected chi connectivity index (χ1v) is 13.5. The van der Waals surface area contributed by atoms with Gasteiger partial charge in [0.1, 0.15) is 0 Å². The molecule has 0 spiro atoms. The fourth-order valence-corrected chi connectivity index (χ4v) is 4.94. The number of carbonyl (C=O) groups excluding carboxylic acids is 2. The molecule has 1 amide bonds. The first-order valence-electron chi connectivity index (χ1n) is 12.5. The average molecular weight is 537 g/mol. The van der Waals surface area contributed by atoms with Crippen molar-refractivity contribution in [3.05, 3.63) is 95.2 Å². The van der Waals surface area contributed by atoms with Crippen molar-refractivity contribution in [2.45, 2.75) is 63.0 Å². The first-order chi connectivity index (χ1) is 18.4. The van der Waals surface area contributed by atoms with E-state index in [-0.39, 0.29) is 24.7 Å². The van der Waals surface area contributed by atoms with Crippen LogP contribution in [0.5, 0.6) is 0 Å². The molecule has 0 bridgehead atoms. The highest BCUT2D eigenvalue weighted by Crippen LogP contribution is 2.39. The number of hydrogen-bond acceptors (Lipinski definition) is 8. The van der Waals surface area contributed by atoms with E-state index >= 15 is 0 Å². The van der Waals surface area contributed by atoms with Crippen LogP contribution in [0.15, 0.2) is 78.0 Å². The van der Waals surface area contributed by atoms with E-state index in [2.05, 4.69) is 10.3 Å². The standard InChI is InChI=1S/C29H32N2O6S/c1-19(35-20(2)33)28(34)31-16-21-6-12-24(13-7-21)29-36-25(18-38-27-5-3-4-14-30-27)15-26(37-29)23-10-8-22(17-32)9-11-23/h3-14,19,25-26,29,32H,15-18H2,1-2H3,(H,31,34). The van der Waals surface area contributed by atoms with Gasteiger partial charge < -0.3 is 24.6 Å². The lowest BCUT2D eigenvalue weighted by Crippen LogP contribution is -2.35. The van der Waals surface area contributed by atoms with Crippen LogP contribution in [-0.2, 0) is 37.0 Å². The second-order valence-corrected chi connectivity index (χ2v) is 10.1. The second kappa shape index (κ2) is 13.5. The van der Waals surface area contributed by atoms with Gasteiger partial charge >= 0.3 is 5.97 Å². The van der Waals surface area contributed by atoms with Crippen molar-refractivity contribution in [1.82, 2.24) is 10.3 Å². The molecule has 0 radical (unpaired) electrons. The summed E-state index contributed by atoms with van der Waals surface area (Å²) in [5.41, 5.74) is 3.65. The van der Waals surface area contributed by atoms with Crippen LogP contribution in [0, 0.1) is 0 Å². The maximum atomic E-state index is 12.1. The Labute approximate surface area is 226 Å². The van der Waals surface area contributed by atoms with Crippen LogP contribution in [0.3, 0.4) is 0 Å². The average Bonchev–Trinajstić information content (AvgIpc) is 2.95. The molecule has 200 valence electrons. The first kappa shape index (κ1) is 27.8. The number of rotatable bonds is 10. The van der Waals surface area contributed by atoms with E-state index < -0.39 is 18.4 Å². The minimum Gasteiger partial charge on any atom is -0.453 e. The summed E-state index contributed by atoms with van der Waals surface area (Å²) < 4.78 is 17.7. The molecule has 4 rings (SSSR count). The fourth-order valence-electron chi connectivity index (χ4n) is 4.06. The number of aliphatic hydroxyl groups excluding tert-OH is 1. The van der Waals surface area contributed by atoms with Crippen molar-refractivity contribution in [3.8, 4) is 0 Å². The number of aliphatic hydroxyl groups is 1. The van der Waals surface area contributed by atoms with Crippen molar-refractivity contribution in [1.29, 1.82) is 0 Å². The van der Waals surface area contributed by atoms with Crippen LogP contribution in [0.1, 0.15) is 54.9 Å². The molecule has 8 nitrogen and oxygen atoms in total. The maximum absolute atomic E-state index is 12.1. The predicted molar refractivity (Wildman–Crippen MR) is 143 cm³/mol. The fraction of sp³-hybridized carbons (Fsp3) is 0.345. The number of ether oxygens (including phenoxy) is 3. The molecule has 0 aliphatic carbocycles. The number of benzene rings is 2. The van der Waals surface area contributed by atoms with Gasteiger partial charge in [-0.05, 0) is 35.7 Å². The van der Waals surface area contributed by atoms with Crippen molar-refractivity contribution >= 4 is 23.6 Å². The highest BCUT2D eigenvalue weighted by molar-refractivity contribution is 7.99. The topological polar surface area (TPSA) is 107 Å². The zero-order valence-corrected chi connectivity index (χ0v) is 22.2. The van der Waals surface area contributed by atoms with Crippen LogP contribution in [-0.4, -0.2) is 39.9 Å². The molecule has 1 aliphatic rings. The van der Waals surface area contributed by atoms with Crippen molar-refractivity contribution < 1.29 is 28.9 Å². The minimum absolute atomic E-state index is 0.00362. The molecule has 38 heavy (non-hydrogen) atoms. The molecular formula is C29H32N2O6S. The molecule has 4 atom stereocenters. The molecule has 3 aromatic rings. The highest BCUT2D eigenvalue weighted by atomic mass is 32.2. The normalized spacial score (nSPS) is 19.9. The van der Waals surface area contributed by atoms with Gasteiger partial charge in [-0.1, -0.05) is 54.6 Å². The summed E-state index contributed by atoms with van der Waals surface area (Å²) in [6.07, 6.45) is 0.831. The van der Waals surface area contributed by atoms with Crippen LogP contribution in [0.4, 0.5) is 0 Å². The Balaban J connectivity index is 1.43. The van der Waals surface area contributed by atoms with Crippen LogP contribution >= 0.6 is 11.8 Å². The van der Waals surface area contributed by atoms with Gasteiger partial charge in [0.15, 0.2) is 12.4 Å². The number of carbonyl (C=O) groups is 2. The molecule has 1 aliphatic heterocycles. The van der Waals surface area contributed by atoms with Crippen LogP contribution in [0.2, 0.25) is 0 Å². The summed E-state index contributed by atoms with van der Waals surface area (Å²) in [5.74, 6) is -0.123. The van der Waals surface area contributed by atoms with Gasteiger partial charge in [0, 0.05) is 37.4 Å². The smallest absolute Gasteiger partial charge is 0.303 e. The Morgan fingerprint density at radius 2 is 1.76 bits per heavy atom. The maximum Gasteiger partial charge on any atom is 0.303 e. The minimum atomic E-state index is -0.847. The Morgan fingerprint density at radius 3 is 2.42 bits per heavy atom. The zero-order chi connectivity index (χ0) is 26.9. The monoisotopic (exact) mass is 536 g/mol. The third-order valence-corrected chi connectivity index (χ3v) is 7.18. The summed E-state index contributed by atoms with van der Waals surface area (Å²) >= 11 is 1.65. The summed E-state index contributed by atoms with van der Waals surface area (Å²) in [7, 11) is 0. The van der Waals surface area contributed by atoms with Crippen molar-refractivity contribution in [2.75, 3.05) is 5.75 Å². The molecule has 1 fully saturated rings. The van der Waals surface area contributed by atoms with E-state index in [1.54, 1.807) is 18.0 Å². The lowest BCUT2D eigenvalue weighted by Gasteiger charge is -2.36. The molecule has 2 heterocycles. The van der Waals surface area contributed by atoms with E-state index in [1.807, 2.05) is 66.7 Å². The van der Waals surface area contributed by atoms with Crippen molar-refractivity contribution in [3.63, 3.8) is 0 Å². The van der Waals surface area contributed by atoms with E-state index in [1.165, 1.54) is 13.8 Å². The number of aromatic nitrogens is 1. The molecule has 1 saturated heterocycles. The number of nitrogens with one attached hydrogen (secondary N) is 1. The quantitative estimate of drug-likeness (QED) is 0.289. The number of pyridine rings is 1. The number of nitrogens with zero attached hydrogens (tertiary/aromatic N) is 1. The van der Waals surface area contributed by atoms with E-state index in [0.29, 0.717) is 13.0 Å². The Kier molecular flexibility index (Phi) is 9.89. The van der Waals surface area contributed by atoms with Gasteiger partial charge in [-0.15, -0.1) is 11.8 Å². The number of hydrogen-bond donors (Lipinski definition) is 2. The third kappa shape index (κ3) is 7.88. The Hall–Kier alpha value is -3.24. The molecule has 0 saturated carbocycles. The number of esters is 1.